The molecule has 1 heterocycles. The molecule has 0 aromatic heterocycles. The van der Waals surface area contributed by atoms with E-state index in [1.54, 1.807) is 17.0 Å². The molecule has 0 aliphatic carbocycles. The Morgan fingerprint density at radius 1 is 1.11 bits per heavy atom. The Morgan fingerprint density at radius 2 is 1.81 bits per heavy atom. The molecule has 1 saturated heterocycles. The molecule has 2 aromatic carbocycles. The lowest BCUT2D eigenvalue weighted by atomic mass is 9.84. The quantitative estimate of drug-likeness (QED) is 0.818. The first kappa shape index (κ1) is 19.0. The summed E-state index contributed by atoms with van der Waals surface area (Å²) < 4.78 is 5.57. The third-order valence-electron chi connectivity index (χ3n) is 4.87. The van der Waals surface area contributed by atoms with Crippen molar-refractivity contribution in [2.24, 2.45) is 0 Å². The van der Waals surface area contributed by atoms with Gasteiger partial charge in [0.1, 0.15) is 5.75 Å². The third-order valence-corrected chi connectivity index (χ3v) is 4.87. The average molecular weight is 366 g/mol. The van der Waals surface area contributed by atoms with E-state index in [9.17, 15) is 9.59 Å². The van der Waals surface area contributed by atoms with Gasteiger partial charge >= 0.3 is 0 Å². The second-order valence-electron chi connectivity index (χ2n) is 7.46. The molecule has 0 radical (unpaired) electrons. The van der Waals surface area contributed by atoms with E-state index in [-0.39, 0.29) is 23.8 Å². The van der Waals surface area contributed by atoms with Crippen LogP contribution in [0.3, 0.4) is 0 Å². The highest BCUT2D eigenvalue weighted by atomic mass is 16.5. The van der Waals surface area contributed by atoms with Crippen LogP contribution in [0.1, 0.15) is 32.3 Å². The minimum Gasteiger partial charge on any atom is -0.484 e. The normalized spacial score (nSPS) is 14.3. The van der Waals surface area contributed by atoms with Crippen molar-refractivity contribution in [2.75, 3.05) is 24.6 Å². The van der Waals surface area contributed by atoms with Gasteiger partial charge in [-0.25, -0.2) is 0 Å². The summed E-state index contributed by atoms with van der Waals surface area (Å²) in [7, 11) is 0. The number of amides is 2. The van der Waals surface area contributed by atoms with Crippen LogP contribution in [-0.4, -0.2) is 31.5 Å². The lowest BCUT2D eigenvalue weighted by Gasteiger charge is -2.25. The molecule has 3 rings (SSSR count). The first-order valence-corrected chi connectivity index (χ1v) is 9.31. The number of anilines is 1. The Morgan fingerprint density at radius 3 is 2.44 bits per heavy atom. The predicted molar refractivity (Wildman–Crippen MR) is 106 cm³/mol. The van der Waals surface area contributed by atoms with Crippen LogP contribution in [0.2, 0.25) is 0 Å². The Kier molecular flexibility index (Phi) is 5.79. The van der Waals surface area contributed by atoms with Crippen molar-refractivity contribution in [1.29, 1.82) is 0 Å². The van der Waals surface area contributed by atoms with Crippen molar-refractivity contribution in [3.8, 4) is 5.75 Å². The van der Waals surface area contributed by atoms with E-state index in [2.05, 4.69) is 31.3 Å². The zero-order chi connectivity index (χ0) is 19.3. The van der Waals surface area contributed by atoms with Gasteiger partial charge in [-0.3, -0.25) is 9.59 Å². The maximum absolute atomic E-state index is 12.1. The van der Waals surface area contributed by atoms with Crippen LogP contribution in [0.25, 0.3) is 0 Å². The zero-order valence-electron chi connectivity index (χ0n) is 15.9. The minimum atomic E-state index is -0.155. The zero-order valence-corrected chi connectivity index (χ0v) is 15.9. The van der Waals surface area contributed by atoms with Crippen LogP contribution in [0.15, 0.2) is 54.6 Å². The first-order chi connectivity index (χ1) is 13.0. The molecule has 0 saturated carbocycles. The molecule has 0 spiro atoms. The van der Waals surface area contributed by atoms with E-state index < -0.39 is 0 Å². The van der Waals surface area contributed by atoms with E-state index >= 15 is 0 Å². The molecule has 2 aromatic rings. The Hall–Kier alpha value is -2.82. The predicted octanol–water partition coefficient (Wildman–Crippen LogP) is 3.29. The van der Waals surface area contributed by atoms with Crippen LogP contribution >= 0.6 is 0 Å². The fourth-order valence-electron chi connectivity index (χ4n) is 3.15. The maximum atomic E-state index is 12.1. The van der Waals surface area contributed by atoms with Crippen molar-refractivity contribution in [3.63, 3.8) is 0 Å². The summed E-state index contributed by atoms with van der Waals surface area (Å²) >= 11 is 0. The molecule has 142 valence electrons. The van der Waals surface area contributed by atoms with Crippen molar-refractivity contribution < 1.29 is 14.3 Å². The van der Waals surface area contributed by atoms with E-state index in [1.165, 1.54) is 5.56 Å². The van der Waals surface area contributed by atoms with Crippen LogP contribution in [0, 0.1) is 0 Å². The van der Waals surface area contributed by atoms with Gasteiger partial charge in [-0.15, -0.1) is 0 Å². The number of nitrogens with one attached hydrogen (secondary N) is 1. The minimum absolute atomic E-state index is 0.0349. The summed E-state index contributed by atoms with van der Waals surface area (Å²) in [5, 5.41) is 2.94. The standard InChI is InChI=1S/C22H26N2O3/c1-22(2,17-7-4-3-5-8-17)16-23-20(25)15-27-19-12-10-18(11-13-19)24-14-6-9-21(24)26/h3-5,7-8,10-13H,6,9,14-16H2,1-2H3,(H,23,25). The van der Waals surface area contributed by atoms with Crippen molar-refractivity contribution in [3.05, 3.63) is 60.2 Å². The summed E-state index contributed by atoms with van der Waals surface area (Å²) in [5.74, 6) is 0.616. The molecule has 1 N–H and O–H groups in total. The summed E-state index contributed by atoms with van der Waals surface area (Å²) in [6.07, 6.45) is 1.51. The van der Waals surface area contributed by atoms with Crippen molar-refractivity contribution in [2.45, 2.75) is 32.1 Å². The molecule has 5 heteroatoms. The van der Waals surface area contributed by atoms with Gasteiger partial charge in [-0.2, -0.15) is 0 Å². The summed E-state index contributed by atoms with van der Waals surface area (Å²) in [6.45, 7) is 5.46. The third kappa shape index (κ3) is 4.88. The Bertz CT molecular complexity index is 785. The van der Waals surface area contributed by atoms with Crippen LogP contribution in [0.4, 0.5) is 5.69 Å². The van der Waals surface area contributed by atoms with Gasteiger partial charge in [0.2, 0.25) is 5.91 Å². The van der Waals surface area contributed by atoms with Gasteiger partial charge in [0.25, 0.3) is 5.91 Å². The van der Waals surface area contributed by atoms with Crippen LogP contribution < -0.4 is 15.0 Å². The van der Waals surface area contributed by atoms with Crippen LogP contribution in [0.5, 0.6) is 5.75 Å². The lowest BCUT2D eigenvalue weighted by Crippen LogP contribution is -2.38. The summed E-state index contributed by atoms with van der Waals surface area (Å²) in [5.41, 5.74) is 1.90. The molecule has 1 aliphatic rings. The molecular formula is C22H26N2O3. The summed E-state index contributed by atoms with van der Waals surface area (Å²) in [4.78, 5) is 25.7. The van der Waals surface area contributed by atoms with Crippen molar-refractivity contribution >= 4 is 17.5 Å². The Labute approximate surface area is 160 Å². The maximum Gasteiger partial charge on any atom is 0.257 e. The van der Waals surface area contributed by atoms with Crippen LogP contribution in [-0.2, 0) is 15.0 Å². The molecule has 2 amide bonds. The second-order valence-corrected chi connectivity index (χ2v) is 7.46. The topological polar surface area (TPSA) is 58.6 Å². The number of rotatable bonds is 7. The molecule has 1 fully saturated rings. The van der Waals surface area contributed by atoms with Crippen molar-refractivity contribution in [1.82, 2.24) is 5.32 Å². The molecule has 5 nitrogen and oxygen atoms in total. The molecular weight excluding hydrogens is 340 g/mol. The highest BCUT2D eigenvalue weighted by Gasteiger charge is 2.22. The Balaban J connectivity index is 1.47. The molecule has 0 unspecified atom stereocenters. The number of hydrogen-bond acceptors (Lipinski definition) is 3. The number of carbonyl (C=O) groups is 2. The fourth-order valence-corrected chi connectivity index (χ4v) is 3.15. The molecule has 0 bridgehead atoms. The highest BCUT2D eigenvalue weighted by molar-refractivity contribution is 5.95. The van der Waals surface area contributed by atoms with Gasteiger partial charge in [-0.1, -0.05) is 44.2 Å². The molecule has 1 aliphatic heterocycles. The second kappa shape index (κ2) is 8.25. The number of ether oxygens (including phenoxy) is 1. The number of nitrogens with zero attached hydrogens (tertiary/aromatic N) is 1. The number of carbonyl (C=O) groups excluding carboxylic acids is 2. The monoisotopic (exact) mass is 366 g/mol. The largest absolute Gasteiger partial charge is 0.484 e. The van der Waals surface area contributed by atoms with Gasteiger partial charge in [-0.05, 0) is 36.2 Å². The highest BCUT2D eigenvalue weighted by Crippen LogP contribution is 2.24. The SMILES string of the molecule is CC(C)(CNC(=O)COc1ccc(N2CCCC2=O)cc1)c1ccccc1. The lowest BCUT2D eigenvalue weighted by molar-refractivity contribution is -0.123. The fraction of sp³-hybridized carbons (Fsp3) is 0.364. The first-order valence-electron chi connectivity index (χ1n) is 9.31. The van der Waals surface area contributed by atoms with E-state index in [1.807, 2.05) is 30.3 Å². The molecule has 0 atom stereocenters. The van der Waals surface area contributed by atoms with E-state index in [0.29, 0.717) is 18.7 Å². The van der Waals surface area contributed by atoms with E-state index in [4.69, 9.17) is 4.74 Å². The van der Waals surface area contributed by atoms with Gasteiger partial charge in [0.05, 0.1) is 0 Å². The molecule has 27 heavy (non-hydrogen) atoms. The average Bonchev–Trinajstić information content (AvgIpc) is 3.12. The smallest absolute Gasteiger partial charge is 0.257 e. The van der Waals surface area contributed by atoms with Gasteiger partial charge in [0.15, 0.2) is 6.61 Å². The van der Waals surface area contributed by atoms with Gasteiger partial charge < -0.3 is 15.0 Å². The summed E-state index contributed by atoms with van der Waals surface area (Å²) in [6, 6.07) is 17.4. The van der Waals surface area contributed by atoms with E-state index in [0.717, 1.165) is 18.7 Å². The van der Waals surface area contributed by atoms with Gasteiger partial charge in [0, 0.05) is 30.6 Å². The number of benzene rings is 2. The number of hydrogen-bond donors (Lipinski definition) is 1.